The first-order chi connectivity index (χ1) is 13.8. The molecule has 12 heteroatoms. The second-order valence-electron chi connectivity index (χ2n) is 8.60. The second-order valence-corrected chi connectivity index (χ2v) is 13.9. The molecule has 0 spiro atoms. The molecule has 2 saturated heterocycles. The molecular weight excluding hydrogens is 464 g/mol. The lowest BCUT2D eigenvalue weighted by molar-refractivity contribution is 0.465. The van der Waals surface area contributed by atoms with Crippen molar-refractivity contribution in [2.75, 3.05) is 33.6 Å². The molecule has 166 valence electrons. The van der Waals surface area contributed by atoms with Crippen LogP contribution in [0.15, 0.2) is 24.3 Å². The molecule has 1 aromatic carbocycles. The van der Waals surface area contributed by atoms with Gasteiger partial charge in [-0.25, -0.2) is 0 Å². The van der Waals surface area contributed by atoms with Crippen molar-refractivity contribution in [1.29, 1.82) is 0 Å². The quantitative estimate of drug-likeness (QED) is 0.276. The molecule has 0 bridgehead atoms. The maximum Gasteiger partial charge on any atom is 0.216 e. The van der Waals surface area contributed by atoms with Crippen LogP contribution >= 0.6 is 24.4 Å². The SMILES string of the molecule is C[C@]1(NC(=S)Nc2ccc(NC(=S)N[C@]3(C)CC[S+](=O)(O)C3)cc2)CC[S+](=O)(O)C1. The number of nitrogens with one attached hydrogen (secondary N) is 4. The lowest BCUT2D eigenvalue weighted by Gasteiger charge is -2.24. The summed E-state index contributed by atoms with van der Waals surface area (Å²) in [4.78, 5) is 0. The van der Waals surface area contributed by atoms with Crippen molar-refractivity contribution in [2.45, 2.75) is 37.8 Å². The standard InChI is InChI=1S/C18H26N4O4S4/c1-17(7-9-29(23,24)11-17)21-15(27)19-13-3-5-14(6-4-13)20-16(28)22-18(2)8-10-30(25,26)12-18/h3-6H,7-12H2,1-2H3,(H4-2,19,20,21,22,23,24,25,26,27,28)/p+2/t17-,18+. The smallest absolute Gasteiger partial charge is 0.216 e. The summed E-state index contributed by atoms with van der Waals surface area (Å²) in [6.45, 7) is 3.79. The summed E-state index contributed by atoms with van der Waals surface area (Å²) in [6, 6.07) is 7.34. The number of thiocarbonyl (C=S) groups is 2. The molecule has 2 aliphatic heterocycles. The summed E-state index contributed by atoms with van der Waals surface area (Å²) in [7, 11) is -5.53. The van der Waals surface area contributed by atoms with Gasteiger partial charge >= 0.3 is 0 Å². The Morgan fingerprint density at radius 1 is 0.833 bits per heavy atom. The van der Waals surface area contributed by atoms with Gasteiger partial charge in [0.2, 0.25) is 20.4 Å². The van der Waals surface area contributed by atoms with Crippen molar-refractivity contribution < 1.29 is 17.5 Å². The van der Waals surface area contributed by atoms with E-state index >= 15 is 0 Å². The Labute approximate surface area is 189 Å². The maximum absolute atomic E-state index is 11.8. The van der Waals surface area contributed by atoms with Crippen LogP contribution in [-0.4, -0.2) is 53.4 Å². The summed E-state index contributed by atoms with van der Waals surface area (Å²) in [5.74, 6) is 0.919. The van der Waals surface area contributed by atoms with Crippen LogP contribution in [0.5, 0.6) is 0 Å². The molecule has 3 rings (SSSR count). The first-order valence-electron chi connectivity index (χ1n) is 9.50. The summed E-state index contributed by atoms with van der Waals surface area (Å²) in [5.41, 5.74) is 0.546. The number of rotatable bonds is 4. The highest BCUT2D eigenvalue weighted by molar-refractivity contribution is 7.98. The first kappa shape index (κ1) is 23.5. The van der Waals surface area contributed by atoms with E-state index in [1.54, 1.807) is 0 Å². The zero-order valence-corrected chi connectivity index (χ0v) is 20.2. The molecule has 0 aromatic heterocycles. The molecule has 0 aliphatic carbocycles. The van der Waals surface area contributed by atoms with Gasteiger partial charge in [0, 0.05) is 24.2 Å². The molecule has 8 nitrogen and oxygen atoms in total. The van der Waals surface area contributed by atoms with Crippen molar-refractivity contribution in [1.82, 2.24) is 10.6 Å². The zero-order valence-electron chi connectivity index (χ0n) is 16.9. The third kappa shape index (κ3) is 6.41. The van der Waals surface area contributed by atoms with E-state index in [9.17, 15) is 17.5 Å². The molecule has 1 aromatic rings. The van der Waals surface area contributed by atoms with Crippen LogP contribution in [0, 0.1) is 0 Å². The van der Waals surface area contributed by atoms with Gasteiger partial charge < -0.3 is 21.3 Å². The highest BCUT2D eigenvalue weighted by Crippen LogP contribution is 2.27. The minimum Gasteiger partial charge on any atom is -0.352 e. The molecule has 0 radical (unpaired) electrons. The Kier molecular flexibility index (Phi) is 6.57. The Morgan fingerprint density at radius 2 is 1.17 bits per heavy atom. The largest absolute Gasteiger partial charge is 0.352 e. The van der Waals surface area contributed by atoms with Gasteiger partial charge in [0.25, 0.3) is 0 Å². The average molecular weight is 493 g/mol. The zero-order chi connectivity index (χ0) is 22.2. The number of hydrogen-bond acceptors (Lipinski definition) is 4. The van der Waals surface area contributed by atoms with Gasteiger partial charge in [-0.05, 0) is 62.5 Å². The van der Waals surface area contributed by atoms with Gasteiger partial charge in [-0.3, -0.25) is 0 Å². The summed E-state index contributed by atoms with van der Waals surface area (Å²) in [5, 5.41) is 13.3. The Morgan fingerprint density at radius 3 is 1.43 bits per heavy atom. The van der Waals surface area contributed by atoms with Crippen LogP contribution in [0.1, 0.15) is 26.7 Å². The van der Waals surface area contributed by atoms with Gasteiger partial charge in [-0.2, -0.15) is 9.11 Å². The topological polar surface area (TPSA) is 123 Å². The normalized spacial score (nSPS) is 35.6. The van der Waals surface area contributed by atoms with Crippen molar-refractivity contribution >= 4 is 66.5 Å². The Bertz CT molecular complexity index is 866. The highest BCUT2D eigenvalue weighted by atomic mass is 32.3. The van der Waals surface area contributed by atoms with E-state index in [0.29, 0.717) is 23.1 Å². The molecule has 2 heterocycles. The summed E-state index contributed by atoms with van der Waals surface area (Å²) >= 11 is 10.7. The van der Waals surface area contributed by atoms with E-state index in [1.807, 2.05) is 38.1 Å². The van der Waals surface area contributed by atoms with Crippen LogP contribution in [0.3, 0.4) is 0 Å². The van der Waals surface area contributed by atoms with Gasteiger partial charge in [-0.1, -0.05) is 8.42 Å². The van der Waals surface area contributed by atoms with E-state index < -0.39 is 31.5 Å². The van der Waals surface area contributed by atoms with E-state index in [4.69, 9.17) is 24.4 Å². The fraction of sp³-hybridized carbons (Fsp3) is 0.556. The average Bonchev–Trinajstić information content (AvgIpc) is 3.02. The second kappa shape index (κ2) is 8.40. The molecule has 2 aliphatic rings. The summed E-state index contributed by atoms with van der Waals surface area (Å²) in [6.07, 6.45) is 1.17. The monoisotopic (exact) mass is 492 g/mol. The van der Waals surface area contributed by atoms with E-state index in [2.05, 4.69) is 21.3 Å². The van der Waals surface area contributed by atoms with Crippen LogP contribution in [-0.2, 0) is 28.8 Å². The lowest BCUT2D eigenvalue weighted by atomic mass is 10.0. The van der Waals surface area contributed by atoms with Crippen LogP contribution in [0.2, 0.25) is 0 Å². The van der Waals surface area contributed by atoms with Crippen LogP contribution in [0.4, 0.5) is 11.4 Å². The minimum absolute atomic E-state index is 0.180. The van der Waals surface area contributed by atoms with Crippen molar-refractivity contribution in [3.63, 3.8) is 0 Å². The third-order valence-corrected chi connectivity index (χ3v) is 9.53. The van der Waals surface area contributed by atoms with Crippen LogP contribution < -0.4 is 21.3 Å². The molecule has 2 unspecified atom stereocenters. The van der Waals surface area contributed by atoms with Crippen molar-refractivity contribution in [2.24, 2.45) is 0 Å². The van der Waals surface area contributed by atoms with Gasteiger partial charge in [0.1, 0.15) is 11.5 Å². The lowest BCUT2D eigenvalue weighted by Crippen LogP contribution is -2.49. The predicted octanol–water partition coefficient (Wildman–Crippen LogP) is 2.53. The van der Waals surface area contributed by atoms with Gasteiger partial charge in [0.05, 0.1) is 11.1 Å². The van der Waals surface area contributed by atoms with Gasteiger partial charge in [-0.15, -0.1) is 0 Å². The first-order valence-corrected chi connectivity index (χ1v) is 14.0. The molecule has 4 atom stereocenters. The number of benzene rings is 1. The van der Waals surface area contributed by atoms with Crippen LogP contribution in [0.25, 0.3) is 0 Å². The predicted molar refractivity (Wildman–Crippen MR) is 132 cm³/mol. The maximum atomic E-state index is 11.8. The minimum atomic E-state index is -2.77. The molecule has 0 saturated carbocycles. The molecule has 2 fully saturated rings. The fourth-order valence-electron chi connectivity index (χ4n) is 3.76. The Balaban J connectivity index is 1.50. The fourth-order valence-corrected chi connectivity index (χ4v) is 8.74. The van der Waals surface area contributed by atoms with Gasteiger partial charge in [0.15, 0.2) is 21.7 Å². The number of anilines is 2. The molecule has 6 N–H and O–H groups in total. The van der Waals surface area contributed by atoms with E-state index in [0.717, 1.165) is 11.4 Å². The highest BCUT2D eigenvalue weighted by Gasteiger charge is 2.48. The third-order valence-electron chi connectivity index (χ3n) is 5.27. The van der Waals surface area contributed by atoms with Crippen molar-refractivity contribution in [3.8, 4) is 0 Å². The molecular formula is C18H28N4O4S4+2. The van der Waals surface area contributed by atoms with Crippen molar-refractivity contribution in [3.05, 3.63) is 24.3 Å². The Hall–Kier alpha value is -1.18. The number of hydrogen-bond donors (Lipinski definition) is 6. The van der Waals surface area contributed by atoms with E-state index in [1.165, 1.54) is 0 Å². The molecule has 0 amide bonds. The molecule has 30 heavy (non-hydrogen) atoms. The summed E-state index contributed by atoms with van der Waals surface area (Å²) < 4.78 is 43.1. The van der Waals surface area contributed by atoms with E-state index in [-0.39, 0.29) is 23.0 Å².